The number of nitrogens with zero attached hydrogens (tertiary/aromatic N) is 3. The summed E-state index contributed by atoms with van der Waals surface area (Å²) in [5.74, 6) is 1.92. The van der Waals surface area contributed by atoms with Crippen molar-refractivity contribution in [2.45, 2.75) is 45.7 Å². The average Bonchev–Trinajstić information content (AvgIpc) is 3.52. The van der Waals surface area contributed by atoms with Gasteiger partial charge in [-0.25, -0.2) is 4.68 Å². The summed E-state index contributed by atoms with van der Waals surface area (Å²) in [6.07, 6.45) is 14.3. The Labute approximate surface area is 183 Å². The Hall–Kier alpha value is -1.90. The first-order valence-corrected chi connectivity index (χ1v) is 12.3. The number of aromatic nitrogens is 2. The van der Waals surface area contributed by atoms with Gasteiger partial charge in [0.2, 0.25) is 0 Å². The van der Waals surface area contributed by atoms with E-state index in [1.807, 2.05) is 25.2 Å². The molecule has 2 atom stereocenters. The molecule has 3 aliphatic rings. The lowest BCUT2D eigenvalue weighted by Crippen LogP contribution is -2.40. The lowest BCUT2D eigenvalue weighted by atomic mass is 10.1. The topological polar surface area (TPSA) is 30.3 Å². The Morgan fingerprint density at radius 2 is 2.00 bits per heavy atom. The Bertz CT molecular complexity index is 839. The molecule has 0 radical (unpaired) electrons. The molecule has 162 valence electrons. The van der Waals surface area contributed by atoms with Crippen molar-refractivity contribution in [2.24, 2.45) is 5.92 Å². The second-order valence-electron chi connectivity index (χ2n) is 7.99. The SMILES string of the molecule is C=C/C=C(\C=C/C)c1cc2n(n1)C(N1CCOCC1)=CC(C(=C)C1CC1)P2.CCC. The fourth-order valence-electron chi connectivity index (χ4n) is 3.69. The van der Waals surface area contributed by atoms with E-state index in [-0.39, 0.29) is 0 Å². The van der Waals surface area contributed by atoms with E-state index < -0.39 is 0 Å². The molecule has 30 heavy (non-hydrogen) atoms. The van der Waals surface area contributed by atoms with Gasteiger partial charge in [-0.1, -0.05) is 71.9 Å². The highest BCUT2D eigenvalue weighted by Crippen LogP contribution is 2.44. The van der Waals surface area contributed by atoms with E-state index in [1.165, 1.54) is 36.1 Å². The summed E-state index contributed by atoms with van der Waals surface area (Å²) in [6.45, 7) is 18.0. The lowest BCUT2D eigenvalue weighted by Gasteiger charge is -2.35. The van der Waals surface area contributed by atoms with E-state index in [9.17, 15) is 0 Å². The monoisotopic (exact) mass is 425 g/mol. The minimum Gasteiger partial charge on any atom is -0.378 e. The molecule has 2 aliphatic heterocycles. The molecule has 0 spiro atoms. The predicted octanol–water partition coefficient (Wildman–Crippen LogP) is 5.23. The van der Waals surface area contributed by atoms with Crippen LogP contribution in [-0.4, -0.2) is 46.6 Å². The molecule has 4 rings (SSSR count). The van der Waals surface area contributed by atoms with E-state index in [0.29, 0.717) is 14.2 Å². The maximum Gasteiger partial charge on any atom is 0.127 e. The van der Waals surface area contributed by atoms with Gasteiger partial charge in [0, 0.05) is 24.3 Å². The molecule has 1 aromatic heterocycles. The number of hydrogen-bond donors (Lipinski definition) is 0. The zero-order valence-electron chi connectivity index (χ0n) is 18.7. The molecule has 0 bridgehead atoms. The highest BCUT2D eigenvalue weighted by molar-refractivity contribution is 7.48. The molecule has 0 N–H and O–H groups in total. The van der Waals surface area contributed by atoms with Gasteiger partial charge in [0.25, 0.3) is 0 Å². The molecule has 0 aromatic carbocycles. The van der Waals surface area contributed by atoms with Crippen LogP contribution in [-0.2, 0) is 4.74 Å². The molecule has 0 amide bonds. The molecule has 2 fully saturated rings. The van der Waals surface area contributed by atoms with Crippen LogP contribution in [0, 0.1) is 5.92 Å². The number of hydrogen-bond acceptors (Lipinski definition) is 3. The fraction of sp³-hybridized carbons (Fsp3) is 0.480. The Morgan fingerprint density at radius 3 is 2.60 bits per heavy atom. The maximum atomic E-state index is 5.56. The van der Waals surface area contributed by atoms with Crippen molar-refractivity contribution in [1.82, 2.24) is 14.7 Å². The Balaban J connectivity index is 0.000000806. The normalized spacial score (nSPS) is 22.4. The Morgan fingerprint density at radius 1 is 1.30 bits per heavy atom. The van der Waals surface area contributed by atoms with Crippen molar-refractivity contribution < 1.29 is 4.74 Å². The molecule has 4 nitrogen and oxygen atoms in total. The van der Waals surface area contributed by atoms with Crippen molar-refractivity contribution in [2.75, 3.05) is 26.3 Å². The third-order valence-corrected chi connectivity index (χ3v) is 6.82. The molecule has 2 unspecified atom stereocenters. The van der Waals surface area contributed by atoms with Crippen LogP contribution in [0.3, 0.4) is 0 Å². The summed E-state index contributed by atoms with van der Waals surface area (Å²) in [7, 11) is 0.684. The van der Waals surface area contributed by atoms with Gasteiger partial charge < -0.3 is 9.64 Å². The molecule has 1 saturated carbocycles. The van der Waals surface area contributed by atoms with Crippen LogP contribution in [0.15, 0.2) is 55.2 Å². The van der Waals surface area contributed by atoms with Gasteiger partial charge in [-0.05, 0) is 37.8 Å². The average molecular weight is 426 g/mol. The number of rotatable bonds is 6. The van der Waals surface area contributed by atoms with Gasteiger partial charge in [0.1, 0.15) is 5.82 Å². The van der Waals surface area contributed by atoms with Crippen LogP contribution in [0.1, 0.15) is 45.7 Å². The van der Waals surface area contributed by atoms with Gasteiger partial charge in [-0.3, -0.25) is 0 Å². The summed E-state index contributed by atoms with van der Waals surface area (Å²) in [5, 5.41) is 4.98. The van der Waals surface area contributed by atoms with Gasteiger partial charge in [0.05, 0.1) is 24.3 Å². The van der Waals surface area contributed by atoms with Gasteiger partial charge in [-0.15, -0.1) is 0 Å². The minimum atomic E-state index is 0.431. The molecule has 5 heteroatoms. The lowest BCUT2D eigenvalue weighted by molar-refractivity contribution is 0.0612. The van der Waals surface area contributed by atoms with Crippen molar-refractivity contribution in [1.29, 1.82) is 0 Å². The minimum absolute atomic E-state index is 0.431. The van der Waals surface area contributed by atoms with E-state index in [4.69, 9.17) is 9.84 Å². The number of fused-ring (bicyclic) bond motifs is 1. The smallest absolute Gasteiger partial charge is 0.127 e. The predicted molar refractivity (Wildman–Crippen MR) is 131 cm³/mol. The Kier molecular flexibility index (Phi) is 8.30. The number of allylic oxidation sites excluding steroid dienone is 7. The van der Waals surface area contributed by atoms with E-state index >= 15 is 0 Å². The maximum absolute atomic E-state index is 5.56. The van der Waals surface area contributed by atoms with Crippen molar-refractivity contribution >= 4 is 25.4 Å². The summed E-state index contributed by atoms with van der Waals surface area (Å²) >= 11 is 0. The standard InChI is InChI=1S/C22H28N3OP.C3H8/c1-4-6-18(7-5-2)19-14-22-25(23-19)21(24-10-12-26-13-11-24)15-20(27-22)16(3)17-8-9-17;1-3-2/h4-7,14-15,17,20,27H,1,3,8-13H2,2H3;3H2,1-2H3/b7-5-,18-6+;. The first-order valence-electron chi connectivity index (χ1n) is 11.2. The van der Waals surface area contributed by atoms with Crippen LogP contribution in [0.25, 0.3) is 11.4 Å². The van der Waals surface area contributed by atoms with Crippen LogP contribution < -0.4 is 5.44 Å². The van der Waals surface area contributed by atoms with Crippen LogP contribution in [0.4, 0.5) is 0 Å². The largest absolute Gasteiger partial charge is 0.378 e. The molecular weight excluding hydrogens is 389 g/mol. The molecular formula is C25H36N3OP. The third kappa shape index (κ3) is 5.42. The molecule has 1 aliphatic carbocycles. The first kappa shape index (κ1) is 22.8. The van der Waals surface area contributed by atoms with Crippen molar-refractivity contribution in [3.8, 4) is 0 Å². The van der Waals surface area contributed by atoms with Gasteiger partial charge in [0.15, 0.2) is 0 Å². The van der Waals surface area contributed by atoms with Crippen molar-refractivity contribution in [3.05, 3.63) is 60.9 Å². The van der Waals surface area contributed by atoms with Gasteiger partial charge >= 0.3 is 0 Å². The zero-order valence-corrected chi connectivity index (χ0v) is 19.7. The third-order valence-electron chi connectivity index (χ3n) is 5.32. The number of ether oxygens (including phenoxy) is 1. The highest BCUT2D eigenvalue weighted by atomic mass is 31.1. The summed E-state index contributed by atoms with van der Waals surface area (Å²) in [5.41, 5.74) is 5.23. The molecule has 3 heterocycles. The number of morpholine rings is 1. The second-order valence-corrected chi connectivity index (χ2v) is 9.41. The highest BCUT2D eigenvalue weighted by Gasteiger charge is 2.33. The second kappa shape index (κ2) is 10.9. The molecule has 1 saturated heterocycles. The first-order chi connectivity index (χ1) is 14.6. The van der Waals surface area contributed by atoms with Crippen molar-refractivity contribution in [3.63, 3.8) is 0 Å². The summed E-state index contributed by atoms with van der Waals surface area (Å²) in [4.78, 5) is 2.41. The summed E-state index contributed by atoms with van der Waals surface area (Å²) < 4.78 is 7.71. The van der Waals surface area contributed by atoms with Gasteiger partial charge in [-0.2, -0.15) is 5.10 Å². The van der Waals surface area contributed by atoms with E-state index in [2.05, 4.69) is 54.8 Å². The van der Waals surface area contributed by atoms with Crippen LogP contribution in [0.5, 0.6) is 0 Å². The zero-order chi connectivity index (χ0) is 21.5. The summed E-state index contributed by atoms with van der Waals surface area (Å²) in [6, 6.07) is 2.24. The van der Waals surface area contributed by atoms with E-state index in [0.717, 1.165) is 43.5 Å². The van der Waals surface area contributed by atoms with Crippen LogP contribution in [0.2, 0.25) is 0 Å². The van der Waals surface area contributed by atoms with Crippen LogP contribution >= 0.6 is 8.58 Å². The quantitative estimate of drug-likeness (QED) is 0.355. The molecule has 1 aromatic rings. The fourth-order valence-corrected chi connectivity index (χ4v) is 5.17. The van der Waals surface area contributed by atoms with E-state index in [1.54, 1.807) is 0 Å².